The van der Waals surface area contributed by atoms with Crippen molar-refractivity contribution in [3.8, 4) is 11.1 Å². The fourth-order valence-electron chi connectivity index (χ4n) is 3.42. The lowest BCUT2D eigenvalue weighted by Crippen LogP contribution is -2.18. The largest absolute Gasteiger partial charge is 0.345 e. The molecule has 0 atom stereocenters. The number of anilines is 1. The van der Waals surface area contributed by atoms with Gasteiger partial charge in [-0.1, -0.05) is 30.3 Å². The van der Waals surface area contributed by atoms with Crippen molar-refractivity contribution in [2.75, 3.05) is 12.4 Å². The van der Waals surface area contributed by atoms with Gasteiger partial charge < -0.3 is 9.88 Å². The average molecular weight is 381 g/mol. The van der Waals surface area contributed by atoms with E-state index in [0.717, 1.165) is 12.0 Å². The molecule has 4 rings (SSSR count). The fourth-order valence-corrected chi connectivity index (χ4v) is 4.22. The molecule has 0 saturated heterocycles. The number of amides is 1. The summed E-state index contributed by atoms with van der Waals surface area (Å²) in [6, 6.07) is 15.5. The van der Waals surface area contributed by atoms with Crippen LogP contribution in [0.25, 0.3) is 11.1 Å². The molecule has 0 spiro atoms. The molecule has 1 amide bonds. The zero-order chi connectivity index (χ0) is 19.2. The van der Waals surface area contributed by atoms with Crippen molar-refractivity contribution >= 4 is 21.6 Å². The van der Waals surface area contributed by atoms with Gasteiger partial charge in [-0.3, -0.25) is 4.79 Å². The zero-order valence-electron chi connectivity index (χ0n) is 15.0. The van der Waals surface area contributed by atoms with Gasteiger partial charge in [-0.15, -0.1) is 0 Å². The number of rotatable bonds is 4. The van der Waals surface area contributed by atoms with E-state index in [-0.39, 0.29) is 16.5 Å². The predicted molar refractivity (Wildman–Crippen MR) is 104 cm³/mol. The topological polar surface area (TPSA) is 80.2 Å². The molecular formula is C20H19N3O3S. The summed E-state index contributed by atoms with van der Waals surface area (Å²) in [7, 11) is -0.619. The molecule has 6 nitrogen and oxygen atoms in total. The lowest BCUT2D eigenvalue weighted by molar-refractivity contribution is 0.101. The maximum Gasteiger partial charge on any atom is 0.272 e. The molecule has 7 heteroatoms. The maximum atomic E-state index is 12.7. The number of aryl methyl sites for hydroxylation is 1. The lowest BCUT2D eigenvalue weighted by atomic mass is 10.1. The summed E-state index contributed by atoms with van der Waals surface area (Å²) < 4.78 is 27.6. The monoisotopic (exact) mass is 381 g/mol. The number of benzene rings is 2. The van der Waals surface area contributed by atoms with Gasteiger partial charge in [-0.25, -0.2) is 13.1 Å². The molecule has 1 aliphatic rings. The number of nitrogens with one attached hydrogen (secondary N) is 2. The molecular weight excluding hydrogens is 362 g/mol. The van der Waals surface area contributed by atoms with Gasteiger partial charge in [-0.2, -0.15) is 0 Å². The smallest absolute Gasteiger partial charge is 0.272 e. The van der Waals surface area contributed by atoms with Crippen molar-refractivity contribution in [1.29, 1.82) is 0 Å². The van der Waals surface area contributed by atoms with E-state index in [2.05, 4.69) is 22.2 Å². The summed E-state index contributed by atoms with van der Waals surface area (Å²) in [5.41, 5.74) is 5.76. The Balaban J connectivity index is 1.62. The highest BCUT2D eigenvalue weighted by molar-refractivity contribution is 7.89. The molecule has 1 heterocycles. The van der Waals surface area contributed by atoms with E-state index in [9.17, 15) is 13.2 Å². The molecule has 138 valence electrons. The van der Waals surface area contributed by atoms with Crippen LogP contribution in [0.4, 0.5) is 5.69 Å². The summed E-state index contributed by atoms with van der Waals surface area (Å²) in [4.78, 5) is 12.7. The van der Waals surface area contributed by atoms with Crippen LogP contribution in [0.3, 0.4) is 0 Å². The number of fused-ring (bicyclic) bond motifs is 3. The van der Waals surface area contributed by atoms with E-state index in [0.29, 0.717) is 5.69 Å². The molecule has 1 aromatic heterocycles. The fraction of sp³-hybridized carbons (Fsp3) is 0.150. The first-order valence-electron chi connectivity index (χ1n) is 8.51. The molecule has 3 aromatic rings. The maximum absolute atomic E-state index is 12.7. The third-order valence-corrected chi connectivity index (χ3v) is 6.23. The molecule has 0 bridgehead atoms. The Bertz CT molecular complexity index is 1160. The van der Waals surface area contributed by atoms with Crippen LogP contribution in [-0.2, 0) is 23.5 Å². The molecule has 27 heavy (non-hydrogen) atoms. The number of hydrogen-bond acceptors (Lipinski definition) is 3. The van der Waals surface area contributed by atoms with Gasteiger partial charge in [0.2, 0.25) is 10.0 Å². The van der Waals surface area contributed by atoms with E-state index in [1.807, 2.05) is 30.3 Å². The Morgan fingerprint density at radius 3 is 2.56 bits per heavy atom. The SMILES string of the molecule is CNS(=O)(=O)c1cc(C(=O)Nc2ccc3c(c2)-c2ccccc2C3)n(C)c1. The van der Waals surface area contributed by atoms with Crippen LogP contribution in [0.5, 0.6) is 0 Å². The first-order chi connectivity index (χ1) is 12.9. The van der Waals surface area contributed by atoms with E-state index in [1.165, 1.54) is 40.6 Å². The molecule has 0 saturated carbocycles. The van der Waals surface area contributed by atoms with Crippen LogP contribution in [0, 0.1) is 0 Å². The Morgan fingerprint density at radius 2 is 1.78 bits per heavy atom. The van der Waals surface area contributed by atoms with Crippen LogP contribution in [0.15, 0.2) is 59.6 Å². The summed E-state index contributed by atoms with van der Waals surface area (Å²) in [5, 5.41) is 2.87. The standard InChI is InChI=1S/C20H19N3O3S/c1-21-27(25,26)16-11-19(23(2)12-16)20(24)22-15-8-7-14-9-13-5-3-4-6-17(13)18(14)10-15/h3-8,10-12,21H,9H2,1-2H3,(H,22,24). The van der Waals surface area contributed by atoms with Crippen LogP contribution < -0.4 is 10.0 Å². The van der Waals surface area contributed by atoms with Gasteiger partial charge in [0, 0.05) is 18.9 Å². The number of hydrogen-bond donors (Lipinski definition) is 2. The van der Waals surface area contributed by atoms with Crippen molar-refractivity contribution in [2.24, 2.45) is 7.05 Å². The molecule has 0 unspecified atom stereocenters. The van der Waals surface area contributed by atoms with Gasteiger partial charge in [0.05, 0.1) is 0 Å². The molecule has 2 aromatic carbocycles. The van der Waals surface area contributed by atoms with Crippen molar-refractivity contribution in [1.82, 2.24) is 9.29 Å². The van der Waals surface area contributed by atoms with Gasteiger partial charge in [0.15, 0.2) is 0 Å². The van der Waals surface area contributed by atoms with Crippen molar-refractivity contribution < 1.29 is 13.2 Å². The van der Waals surface area contributed by atoms with E-state index < -0.39 is 10.0 Å². The van der Waals surface area contributed by atoms with Crippen molar-refractivity contribution in [3.05, 3.63) is 71.5 Å². The summed E-state index contributed by atoms with van der Waals surface area (Å²) in [6.45, 7) is 0. The molecule has 0 radical (unpaired) electrons. The first kappa shape index (κ1) is 17.5. The van der Waals surface area contributed by atoms with E-state index in [4.69, 9.17) is 0 Å². The number of nitrogens with zero attached hydrogens (tertiary/aromatic N) is 1. The van der Waals surface area contributed by atoms with Crippen LogP contribution in [-0.4, -0.2) is 25.9 Å². The first-order valence-corrected chi connectivity index (χ1v) is 10.00. The van der Waals surface area contributed by atoms with Crippen molar-refractivity contribution in [2.45, 2.75) is 11.3 Å². The molecule has 2 N–H and O–H groups in total. The number of sulfonamides is 1. The highest BCUT2D eigenvalue weighted by atomic mass is 32.2. The minimum absolute atomic E-state index is 0.0560. The third kappa shape index (κ3) is 3.05. The Labute approximate surface area is 157 Å². The quantitative estimate of drug-likeness (QED) is 0.570. The minimum Gasteiger partial charge on any atom is -0.345 e. The number of carbonyl (C=O) groups excluding carboxylic acids is 1. The van der Waals surface area contributed by atoms with Crippen LogP contribution in [0.2, 0.25) is 0 Å². The van der Waals surface area contributed by atoms with Gasteiger partial charge >= 0.3 is 0 Å². The third-order valence-electron chi connectivity index (χ3n) is 4.85. The highest BCUT2D eigenvalue weighted by Crippen LogP contribution is 2.37. The van der Waals surface area contributed by atoms with Crippen LogP contribution >= 0.6 is 0 Å². The normalized spacial score (nSPS) is 12.5. The second-order valence-electron chi connectivity index (χ2n) is 6.54. The van der Waals surface area contributed by atoms with Crippen LogP contribution in [0.1, 0.15) is 21.6 Å². The summed E-state index contributed by atoms with van der Waals surface area (Å²) in [6.07, 6.45) is 2.31. The van der Waals surface area contributed by atoms with Gasteiger partial charge in [0.1, 0.15) is 10.6 Å². The minimum atomic E-state index is -3.60. The van der Waals surface area contributed by atoms with Crippen molar-refractivity contribution in [3.63, 3.8) is 0 Å². The van der Waals surface area contributed by atoms with Gasteiger partial charge in [-0.05, 0) is 53.9 Å². The number of carbonyl (C=O) groups is 1. The molecule has 0 aliphatic heterocycles. The predicted octanol–water partition coefficient (Wildman–Crippen LogP) is 2.76. The average Bonchev–Trinajstić information content (AvgIpc) is 3.22. The van der Waals surface area contributed by atoms with Gasteiger partial charge in [0.25, 0.3) is 5.91 Å². The zero-order valence-corrected chi connectivity index (χ0v) is 15.8. The second-order valence-corrected chi connectivity index (χ2v) is 8.43. The Kier molecular flexibility index (Phi) is 4.13. The highest BCUT2D eigenvalue weighted by Gasteiger charge is 2.21. The Morgan fingerprint density at radius 1 is 1.04 bits per heavy atom. The Hall–Kier alpha value is -2.90. The lowest BCUT2D eigenvalue weighted by Gasteiger charge is -2.08. The second kappa shape index (κ2) is 6.37. The molecule has 1 aliphatic carbocycles. The summed E-state index contributed by atoms with van der Waals surface area (Å²) in [5.74, 6) is -0.360. The number of aromatic nitrogens is 1. The summed E-state index contributed by atoms with van der Waals surface area (Å²) >= 11 is 0. The van der Waals surface area contributed by atoms with E-state index in [1.54, 1.807) is 7.05 Å². The molecule has 0 fully saturated rings. The van der Waals surface area contributed by atoms with E-state index >= 15 is 0 Å².